The van der Waals surface area contributed by atoms with E-state index in [-0.39, 0.29) is 40.3 Å². The first-order valence-corrected chi connectivity index (χ1v) is 10.8. The number of benzene rings is 2. The number of cyclic esters (lactones) is 1. The van der Waals surface area contributed by atoms with Crippen LogP contribution >= 0.6 is 43.5 Å². The molecule has 0 aromatic heterocycles. The number of aliphatic imine (C=N–C) groups is 1. The van der Waals surface area contributed by atoms with Crippen molar-refractivity contribution in [3.63, 3.8) is 0 Å². The van der Waals surface area contributed by atoms with Crippen molar-refractivity contribution < 1.29 is 24.0 Å². The standard InChI is InChI=1S/C20H13Br2ClN2O6/c1-2-3-17(26)30-18-12(21)6-10(7-13(18)22)8-15-20(27)31-19(24-15)11-4-5-14(23)16(9-11)25(28)29/h4-9H,2-3H2,1H3/b15-8-. The molecule has 0 N–H and O–H groups in total. The van der Waals surface area contributed by atoms with Gasteiger partial charge in [-0.2, -0.15) is 0 Å². The smallest absolute Gasteiger partial charge is 0.363 e. The van der Waals surface area contributed by atoms with Gasteiger partial charge in [-0.05, 0) is 74.2 Å². The molecular weight excluding hydrogens is 559 g/mol. The highest BCUT2D eigenvalue weighted by Crippen LogP contribution is 2.36. The molecule has 160 valence electrons. The molecule has 1 heterocycles. The van der Waals surface area contributed by atoms with E-state index >= 15 is 0 Å². The normalized spacial score (nSPS) is 14.4. The average molecular weight is 573 g/mol. The van der Waals surface area contributed by atoms with Gasteiger partial charge in [-0.3, -0.25) is 14.9 Å². The van der Waals surface area contributed by atoms with Crippen LogP contribution in [0.4, 0.5) is 5.69 Å². The number of hydrogen-bond donors (Lipinski definition) is 0. The molecule has 0 unspecified atom stereocenters. The van der Waals surface area contributed by atoms with Gasteiger partial charge in [0.1, 0.15) is 5.02 Å². The predicted molar refractivity (Wildman–Crippen MR) is 121 cm³/mol. The third-order valence-corrected chi connectivity index (χ3v) is 5.50. The molecule has 0 bridgehead atoms. The quantitative estimate of drug-likeness (QED) is 0.142. The zero-order valence-electron chi connectivity index (χ0n) is 15.9. The third-order valence-electron chi connectivity index (χ3n) is 4.00. The summed E-state index contributed by atoms with van der Waals surface area (Å²) in [5.74, 6) is -0.814. The highest BCUT2D eigenvalue weighted by molar-refractivity contribution is 9.11. The van der Waals surface area contributed by atoms with E-state index in [1.54, 1.807) is 12.1 Å². The maximum absolute atomic E-state index is 12.2. The van der Waals surface area contributed by atoms with Gasteiger partial charge < -0.3 is 9.47 Å². The Hall–Kier alpha value is -2.56. The number of hydrogen-bond acceptors (Lipinski definition) is 7. The first-order valence-electron chi connectivity index (χ1n) is 8.86. The van der Waals surface area contributed by atoms with Crippen LogP contribution in [0.5, 0.6) is 5.75 Å². The fourth-order valence-electron chi connectivity index (χ4n) is 2.61. The number of esters is 2. The van der Waals surface area contributed by atoms with Crippen molar-refractivity contribution in [2.75, 3.05) is 0 Å². The van der Waals surface area contributed by atoms with E-state index in [1.165, 1.54) is 24.3 Å². The molecule has 3 rings (SSSR count). The van der Waals surface area contributed by atoms with Crippen molar-refractivity contribution in [3.8, 4) is 5.75 Å². The number of rotatable bonds is 6. The minimum Gasteiger partial charge on any atom is -0.424 e. The van der Waals surface area contributed by atoms with E-state index in [0.717, 1.165) is 0 Å². The summed E-state index contributed by atoms with van der Waals surface area (Å²) in [6.45, 7) is 1.87. The van der Waals surface area contributed by atoms with Crippen LogP contribution in [0.15, 0.2) is 50.0 Å². The van der Waals surface area contributed by atoms with Crippen LogP contribution in [0.2, 0.25) is 5.02 Å². The molecule has 0 aliphatic carbocycles. The second kappa shape index (κ2) is 9.71. The number of nitro benzene ring substituents is 1. The Labute approximate surface area is 198 Å². The first kappa shape index (κ1) is 23.1. The maximum Gasteiger partial charge on any atom is 0.363 e. The largest absolute Gasteiger partial charge is 0.424 e. The molecule has 8 nitrogen and oxygen atoms in total. The first-order chi connectivity index (χ1) is 14.7. The maximum atomic E-state index is 12.2. The van der Waals surface area contributed by atoms with Crippen molar-refractivity contribution >= 4 is 73.1 Å². The highest BCUT2D eigenvalue weighted by Gasteiger charge is 2.26. The Bertz CT molecular complexity index is 1140. The van der Waals surface area contributed by atoms with Crippen LogP contribution in [0.1, 0.15) is 30.9 Å². The molecule has 2 aromatic carbocycles. The lowest BCUT2D eigenvalue weighted by atomic mass is 10.2. The van der Waals surface area contributed by atoms with E-state index in [9.17, 15) is 19.7 Å². The SMILES string of the molecule is CCCC(=O)Oc1c(Br)cc(/C=C2\N=C(c3ccc(Cl)c([N+](=O)[O-])c3)OC2=O)cc1Br. The van der Waals surface area contributed by atoms with Crippen molar-refractivity contribution in [2.45, 2.75) is 19.8 Å². The minimum atomic E-state index is -0.710. The number of nitro groups is 1. The molecule has 0 saturated carbocycles. The average Bonchev–Trinajstić information content (AvgIpc) is 3.05. The Kier molecular flexibility index (Phi) is 7.24. The summed E-state index contributed by atoms with van der Waals surface area (Å²) >= 11 is 12.5. The second-order valence-electron chi connectivity index (χ2n) is 6.30. The molecular formula is C20H13Br2ClN2O6. The molecule has 2 aromatic rings. The van der Waals surface area contributed by atoms with Gasteiger partial charge in [-0.25, -0.2) is 9.79 Å². The van der Waals surface area contributed by atoms with Crippen LogP contribution in [-0.4, -0.2) is 22.8 Å². The van der Waals surface area contributed by atoms with Gasteiger partial charge >= 0.3 is 11.9 Å². The number of carbonyl (C=O) groups is 2. The predicted octanol–water partition coefficient (Wildman–Crippen LogP) is 5.82. The van der Waals surface area contributed by atoms with E-state index in [2.05, 4.69) is 36.9 Å². The zero-order chi connectivity index (χ0) is 22.7. The number of halogens is 3. The fourth-order valence-corrected chi connectivity index (χ4v) is 4.18. The molecule has 0 radical (unpaired) electrons. The van der Waals surface area contributed by atoms with Crippen LogP contribution in [0.3, 0.4) is 0 Å². The van der Waals surface area contributed by atoms with Crippen molar-refractivity contribution in [1.29, 1.82) is 0 Å². The summed E-state index contributed by atoms with van der Waals surface area (Å²) in [5.41, 5.74) is 0.500. The lowest BCUT2D eigenvalue weighted by molar-refractivity contribution is -0.384. The van der Waals surface area contributed by atoms with E-state index < -0.39 is 10.9 Å². The summed E-state index contributed by atoms with van der Waals surface area (Å²) in [6, 6.07) is 7.29. The summed E-state index contributed by atoms with van der Waals surface area (Å²) in [6.07, 6.45) is 2.43. The number of nitrogens with zero attached hydrogens (tertiary/aromatic N) is 2. The molecule has 0 saturated heterocycles. The van der Waals surface area contributed by atoms with Gasteiger partial charge in [0.2, 0.25) is 5.90 Å². The molecule has 1 aliphatic heterocycles. The van der Waals surface area contributed by atoms with Gasteiger partial charge in [-0.15, -0.1) is 0 Å². The number of ether oxygens (including phenoxy) is 2. The van der Waals surface area contributed by atoms with Crippen LogP contribution in [-0.2, 0) is 14.3 Å². The number of carbonyl (C=O) groups excluding carboxylic acids is 2. The van der Waals surface area contributed by atoms with Gasteiger partial charge in [0.15, 0.2) is 11.4 Å². The molecule has 1 aliphatic rings. The molecule has 0 fully saturated rings. The van der Waals surface area contributed by atoms with Crippen molar-refractivity contribution in [3.05, 3.63) is 71.2 Å². The molecule has 0 amide bonds. The van der Waals surface area contributed by atoms with E-state index in [1.807, 2.05) is 6.92 Å². The van der Waals surface area contributed by atoms with Gasteiger partial charge in [0.05, 0.1) is 13.9 Å². The Morgan fingerprint density at radius 2 is 1.97 bits per heavy atom. The van der Waals surface area contributed by atoms with Gasteiger partial charge in [0, 0.05) is 18.1 Å². The van der Waals surface area contributed by atoms with Crippen molar-refractivity contribution in [1.82, 2.24) is 0 Å². The lowest BCUT2D eigenvalue weighted by Gasteiger charge is -2.09. The van der Waals surface area contributed by atoms with E-state index in [4.69, 9.17) is 21.1 Å². The third kappa shape index (κ3) is 5.38. The van der Waals surface area contributed by atoms with Crippen LogP contribution in [0.25, 0.3) is 6.08 Å². The van der Waals surface area contributed by atoms with Crippen LogP contribution < -0.4 is 4.74 Å². The second-order valence-corrected chi connectivity index (χ2v) is 8.41. The molecule has 31 heavy (non-hydrogen) atoms. The van der Waals surface area contributed by atoms with Gasteiger partial charge in [-0.1, -0.05) is 18.5 Å². The molecule has 11 heteroatoms. The summed E-state index contributed by atoms with van der Waals surface area (Å²) in [4.78, 5) is 38.6. The highest BCUT2D eigenvalue weighted by atomic mass is 79.9. The summed E-state index contributed by atoms with van der Waals surface area (Å²) in [7, 11) is 0. The molecule has 0 spiro atoms. The lowest BCUT2D eigenvalue weighted by Crippen LogP contribution is -2.08. The monoisotopic (exact) mass is 570 g/mol. The minimum absolute atomic E-state index is 0.00197. The molecule has 0 atom stereocenters. The zero-order valence-corrected chi connectivity index (χ0v) is 19.8. The van der Waals surface area contributed by atoms with Crippen molar-refractivity contribution in [2.24, 2.45) is 4.99 Å². The topological polar surface area (TPSA) is 108 Å². The Morgan fingerprint density at radius 3 is 2.58 bits per heavy atom. The van der Waals surface area contributed by atoms with E-state index in [0.29, 0.717) is 26.7 Å². The Balaban J connectivity index is 1.91. The van der Waals surface area contributed by atoms with Gasteiger partial charge in [0.25, 0.3) is 5.69 Å². The summed E-state index contributed by atoms with van der Waals surface area (Å²) < 4.78 is 11.5. The fraction of sp³-hybridized carbons (Fsp3) is 0.150. The Morgan fingerprint density at radius 1 is 1.29 bits per heavy atom. The summed E-state index contributed by atoms with van der Waals surface area (Å²) in [5, 5.41) is 11.0. The van der Waals surface area contributed by atoms with Crippen LogP contribution in [0, 0.1) is 10.1 Å².